The van der Waals surface area contributed by atoms with Crippen LogP contribution in [0, 0.1) is 0 Å². The van der Waals surface area contributed by atoms with Crippen molar-refractivity contribution in [3.63, 3.8) is 0 Å². The monoisotopic (exact) mass is 303 g/mol. The molecule has 0 saturated carbocycles. The zero-order valence-electron chi connectivity index (χ0n) is 9.92. The first-order valence-electron chi connectivity index (χ1n) is 5.82. The number of carbonyl (C=O) groups excluding carboxylic acids is 1. The highest BCUT2D eigenvalue weighted by atomic mass is 35.5. The Bertz CT molecular complexity index is 945. The van der Waals surface area contributed by atoms with E-state index >= 15 is 0 Å². The van der Waals surface area contributed by atoms with E-state index in [1.54, 1.807) is 30.3 Å². The van der Waals surface area contributed by atoms with Crippen LogP contribution in [0.3, 0.4) is 0 Å². The van der Waals surface area contributed by atoms with Crippen molar-refractivity contribution < 1.29 is 13.2 Å². The van der Waals surface area contributed by atoms with Gasteiger partial charge in [0, 0.05) is 16.7 Å². The van der Waals surface area contributed by atoms with E-state index in [1.165, 1.54) is 6.07 Å². The molecule has 0 aromatic heterocycles. The molecule has 0 atom stereocenters. The van der Waals surface area contributed by atoms with E-state index in [9.17, 15) is 13.2 Å². The summed E-state index contributed by atoms with van der Waals surface area (Å²) in [7, 11) is -3.74. The molecule has 0 unspecified atom stereocenters. The molecule has 0 amide bonds. The summed E-state index contributed by atoms with van der Waals surface area (Å²) in [6.45, 7) is 0. The van der Waals surface area contributed by atoms with Crippen molar-refractivity contribution in [2.24, 2.45) is 4.40 Å². The number of nitrogens with zero attached hydrogens (tertiary/aromatic N) is 1. The molecular weight excluding hydrogens is 298 g/mol. The lowest BCUT2D eigenvalue weighted by atomic mass is 9.83. The zero-order valence-corrected chi connectivity index (χ0v) is 11.5. The SMILES string of the molecule is O=C1c2cccc3c2C(=NS3(=O)=O)c2cccc(Cl)c21. The van der Waals surface area contributed by atoms with Gasteiger partial charge in [0.15, 0.2) is 5.78 Å². The van der Waals surface area contributed by atoms with Gasteiger partial charge in [-0.15, -0.1) is 0 Å². The Labute approximate surface area is 119 Å². The third-order valence-electron chi connectivity index (χ3n) is 3.49. The fourth-order valence-electron chi connectivity index (χ4n) is 2.67. The summed E-state index contributed by atoms with van der Waals surface area (Å²) < 4.78 is 28.0. The minimum Gasteiger partial charge on any atom is -0.289 e. The van der Waals surface area contributed by atoms with Crippen molar-refractivity contribution >= 4 is 33.1 Å². The summed E-state index contributed by atoms with van der Waals surface area (Å²) in [5.74, 6) is -0.265. The zero-order chi connectivity index (χ0) is 14.1. The van der Waals surface area contributed by atoms with Gasteiger partial charge in [0.2, 0.25) is 0 Å². The summed E-state index contributed by atoms with van der Waals surface area (Å²) in [4.78, 5) is 12.6. The fourth-order valence-corrected chi connectivity index (χ4v) is 4.17. The summed E-state index contributed by atoms with van der Waals surface area (Å²) in [5.41, 5.74) is 1.83. The Morgan fingerprint density at radius 2 is 1.65 bits per heavy atom. The van der Waals surface area contributed by atoms with E-state index in [-0.39, 0.29) is 10.7 Å². The topological polar surface area (TPSA) is 63.6 Å². The molecule has 4 nitrogen and oxygen atoms in total. The van der Waals surface area contributed by atoms with Gasteiger partial charge in [0.25, 0.3) is 10.0 Å². The molecule has 20 heavy (non-hydrogen) atoms. The van der Waals surface area contributed by atoms with Crippen LogP contribution in [0.15, 0.2) is 45.7 Å². The second-order valence-corrected chi connectivity index (χ2v) is 6.56. The first-order valence-corrected chi connectivity index (χ1v) is 7.64. The van der Waals surface area contributed by atoms with Crippen molar-refractivity contribution in [3.05, 3.63) is 63.7 Å². The van der Waals surface area contributed by atoms with Crippen molar-refractivity contribution in [1.29, 1.82) is 0 Å². The van der Waals surface area contributed by atoms with Crippen LogP contribution in [-0.4, -0.2) is 19.9 Å². The van der Waals surface area contributed by atoms with Crippen LogP contribution in [0.1, 0.15) is 27.0 Å². The second kappa shape index (κ2) is 3.56. The van der Waals surface area contributed by atoms with E-state index in [1.807, 2.05) is 0 Å². The maximum atomic E-state index is 12.5. The Morgan fingerprint density at radius 3 is 2.45 bits per heavy atom. The molecule has 0 N–H and O–H groups in total. The smallest absolute Gasteiger partial charge is 0.283 e. The molecule has 1 aliphatic heterocycles. The van der Waals surface area contributed by atoms with Gasteiger partial charge in [0.05, 0.1) is 21.2 Å². The largest absolute Gasteiger partial charge is 0.289 e. The van der Waals surface area contributed by atoms with Crippen LogP contribution in [0.2, 0.25) is 5.02 Å². The van der Waals surface area contributed by atoms with Crippen molar-refractivity contribution in [2.45, 2.75) is 4.90 Å². The number of hydrogen-bond donors (Lipinski definition) is 0. The quantitative estimate of drug-likeness (QED) is 0.640. The number of ketones is 1. The van der Waals surface area contributed by atoms with Gasteiger partial charge < -0.3 is 0 Å². The van der Waals surface area contributed by atoms with Crippen LogP contribution in [0.25, 0.3) is 0 Å². The number of hydrogen-bond acceptors (Lipinski definition) is 3. The van der Waals surface area contributed by atoms with Crippen molar-refractivity contribution in [2.75, 3.05) is 0 Å². The number of benzene rings is 2. The van der Waals surface area contributed by atoms with Crippen LogP contribution >= 0.6 is 11.6 Å². The normalized spacial score (nSPS) is 17.4. The first kappa shape index (κ1) is 11.8. The average Bonchev–Trinajstić information content (AvgIpc) is 2.69. The van der Waals surface area contributed by atoms with E-state index in [4.69, 9.17) is 11.6 Å². The molecule has 1 aliphatic carbocycles. The fraction of sp³-hybridized carbons (Fsp3) is 0. The van der Waals surface area contributed by atoms with Gasteiger partial charge in [0.1, 0.15) is 0 Å². The third kappa shape index (κ3) is 1.29. The Kier molecular flexibility index (Phi) is 2.10. The standard InChI is InChI=1S/C14H6ClNO3S/c15-9-5-1-3-7-11(9)14(17)8-4-2-6-10-12(8)13(7)16-20(10,18)19/h1-6H. The minimum atomic E-state index is -3.74. The minimum absolute atomic E-state index is 0.0870. The highest BCUT2D eigenvalue weighted by molar-refractivity contribution is 7.90. The van der Waals surface area contributed by atoms with Crippen molar-refractivity contribution in [1.82, 2.24) is 0 Å². The number of carbonyl (C=O) groups is 1. The van der Waals surface area contributed by atoms with Crippen molar-refractivity contribution in [3.8, 4) is 0 Å². The van der Waals surface area contributed by atoms with E-state index in [0.29, 0.717) is 33.0 Å². The number of halogens is 1. The van der Waals surface area contributed by atoms with Crippen LogP contribution in [-0.2, 0) is 10.0 Å². The van der Waals surface area contributed by atoms with E-state index < -0.39 is 10.0 Å². The molecule has 98 valence electrons. The molecule has 0 saturated heterocycles. The summed E-state index contributed by atoms with van der Waals surface area (Å²) in [6.07, 6.45) is 0. The van der Waals surface area contributed by atoms with Gasteiger partial charge in [-0.05, 0) is 12.1 Å². The highest BCUT2D eigenvalue weighted by Gasteiger charge is 2.39. The molecule has 0 bridgehead atoms. The van der Waals surface area contributed by atoms with Gasteiger partial charge in [-0.3, -0.25) is 4.79 Å². The molecule has 0 spiro atoms. The molecular formula is C14H6ClNO3S. The average molecular weight is 304 g/mol. The Morgan fingerprint density at radius 1 is 0.950 bits per heavy atom. The molecule has 2 aromatic rings. The van der Waals surface area contributed by atoms with Crippen LogP contribution in [0.5, 0.6) is 0 Å². The van der Waals surface area contributed by atoms with E-state index in [2.05, 4.69) is 4.40 Å². The summed E-state index contributed by atoms with van der Waals surface area (Å²) in [6, 6.07) is 9.56. The molecule has 2 aromatic carbocycles. The lowest BCUT2D eigenvalue weighted by Crippen LogP contribution is -2.20. The third-order valence-corrected chi connectivity index (χ3v) is 5.13. The van der Waals surface area contributed by atoms with E-state index in [0.717, 1.165) is 0 Å². The molecule has 2 aliphatic rings. The highest BCUT2D eigenvalue weighted by Crippen LogP contribution is 2.39. The predicted octanol–water partition coefficient (Wildman–Crippen LogP) is 2.42. The first-order chi connectivity index (χ1) is 9.50. The number of rotatable bonds is 0. The molecule has 1 heterocycles. The predicted molar refractivity (Wildman–Crippen MR) is 74.2 cm³/mol. The lowest BCUT2D eigenvalue weighted by molar-refractivity contribution is 0.103. The van der Waals surface area contributed by atoms with Gasteiger partial charge in [-0.2, -0.15) is 12.8 Å². The Hall–Kier alpha value is -1.98. The maximum absolute atomic E-state index is 12.5. The summed E-state index contributed by atoms with van der Waals surface area (Å²) in [5, 5.41) is 0.301. The number of sulfonamides is 1. The van der Waals surface area contributed by atoms with Crippen LogP contribution < -0.4 is 0 Å². The van der Waals surface area contributed by atoms with Gasteiger partial charge >= 0.3 is 0 Å². The molecule has 0 radical (unpaired) electrons. The molecule has 0 fully saturated rings. The van der Waals surface area contributed by atoms with Gasteiger partial charge in [-0.25, -0.2) is 0 Å². The molecule has 4 rings (SSSR count). The van der Waals surface area contributed by atoms with Gasteiger partial charge in [-0.1, -0.05) is 35.9 Å². The summed E-state index contributed by atoms with van der Waals surface area (Å²) >= 11 is 6.09. The lowest BCUT2D eigenvalue weighted by Gasteiger charge is -2.18. The number of fused-ring (bicyclic) bond motifs is 2. The van der Waals surface area contributed by atoms with Crippen LogP contribution in [0.4, 0.5) is 0 Å². The maximum Gasteiger partial charge on any atom is 0.283 e. The second-order valence-electron chi connectivity index (χ2n) is 4.59. The molecule has 6 heteroatoms. The Balaban J connectivity index is 2.23.